The molecule has 10 nitrogen and oxygen atoms in total. The van der Waals surface area contributed by atoms with Crippen molar-refractivity contribution in [2.75, 3.05) is 46.5 Å². The summed E-state index contributed by atoms with van der Waals surface area (Å²) in [6.07, 6.45) is 6.82. The van der Waals surface area contributed by atoms with E-state index in [-0.39, 0.29) is 63.0 Å². The zero-order valence-electron chi connectivity index (χ0n) is 25.6. The van der Waals surface area contributed by atoms with Crippen LogP contribution < -0.4 is 20.1 Å². The first-order valence-electron chi connectivity index (χ1n) is 15.3. The van der Waals surface area contributed by atoms with E-state index in [9.17, 15) is 19.2 Å². The molecule has 2 bridgehead atoms. The number of hydrogen-bond donors (Lipinski definition) is 2. The fourth-order valence-electron chi connectivity index (χ4n) is 5.41. The molecule has 2 N–H and O–H groups in total. The van der Waals surface area contributed by atoms with Crippen LogP contribution in [0.4, 0.5) is 0 Å². The highest BCUT2D eigenvalue weighted by molar-refractivity contribution is 5.92. The SMILES string of the molecule is CCOC(=O)C1(CC2CC2)CNC(=O)CCCN(C(=O)/C=C/c2ccccc2)CCNC(=O)COc2cc(ccc2OC)C1. The van der Waals surface area contributed by atoms with E-state index in [0.29, 0.717) is 43.2 Å². The van der Waals surface area contributed by atoms with Crippen LogP contribution in [-0.2, 0) is 30.3 Å². The fourth-order valence-corrected chi connectivity index (χ4v) is 5.41. The van der Waals surface area contributed by atoms with Gasteiger partial charge >= 0.3 is 5.97 Å². The van der Waals surface area contributed by atoms with Gasteiger partial charge in [-0.1, -0.05) is 49.2 Å². The van der Waals surface area contributed by atoms with Gasteiger partial charge in [-0.15, -0.1) is 0 Å². The predicted molar refractivity (Wildman–Crippen MR) is 166 cm³/mol. The average Bonchev–Trinajstić information content (AvgIpc) is 3.85. The minimum Gasteiger partial charge on any atom is -0.493 e. The number of amides is 3. The van der Waals surface area contributed by atoms with Crippen molar-refractivity contribution in [2.45, 2.75) is 45.4 Å². The van der Waals surface area contributed by atoms with Crippen LogP contribution in [0, 0.1) is 11.3 Å². The number of benzene rings is 2. The van der Waals surface area contributed by atoms with Gasteiger partial charge in [-0.25, -0.2) is 0 Å². The summed E-state index contributed by atoms with van der Waals surface area (Å²) in [5.41, 5.74) is 0.733. The number of carbonyl (C=O) groups is 4. The van der Waals surface area contributed by atoms with Crippen molar-refractivity contribution >= 4 is 29.8 Å². The first kappa shape index (κ1) is 32.6. The first-order chi connectivity index (χ1) is 21.3. The Bertz CT molecular complexity index is 1330. The van der Waals surface area contributed by atoms with Gasteiger partial charge < -0.3 is 29.7 Å². The lowest BCUT2D eigenvalue weighted by Crippen LogP contribution is -2.46. The molecule has 1 atom stereocenters. The summed E-state index contributed by atoms with van der Waals surface area (Å²) in [5.74, 6) is 0.0974. The average molecular weight is 606 g/mol. The van der Waals surface area contributed by atoms with Gasteiger partial charge in [0.25, 0.3) is 5.91 Å². The van der Waals surface area contributed by atoms with Crippen LogP contribution in [0.3, 0.4) is 0 Å². The Morgan fingerprint density at radius 1 is 1.07 bits per heavy atom. The van der Waals surface area contributed by atoms with E-state index >= 15 is 0 Å². The first-order valence-corrected chi connectivity index (χ1v) is 15.3. The van der Waals surface area contributed by atoms with E-state index in [2.05, 4.69) is 10.6 Å². The molecule has 4 rings (SSSR count). The molecule has 3 amide bonds. The Labute approximate surface area is 259 Å². The lowest BCUT2D eigenvalue weighted by Gasteiger charge is -2.32. The molecule has 0 spiro atoms. The Kier molecular flexibility index (Phi) is 11.8. The number of nitrogens with zero attached hydrogens (tertiary/aromatic N) is 1. The molecule has 0 radical (unpaired) electrons. The normalized spacial score (nSPS) is 20.5. The fraction of sp³-hybridized carbons (Fsp3) is 0.471. The maximum absolute atomic E-state index is 13.5. The Balaban J connectivity index is 1.57. The number of carbonyl (C=O) groups excluding carboxylic acids is 4. The highest BCUT2D eigenvalue weighted by Gasteiger charge is 2.44. The molecule has 0 aromatic heterocycles. The maximum Gasteiger partial charge on any atom is 0.314 e. The van der Waals surface area contributed by atoms with Gasteiger partial charge in [-0.2, -0.15) is 0 Å². The number of methoxy groups -OCH3 is 1. The van der Waals surface area contributed by atoms with Crippen LogP contribution in [0.15, 0.2) is 54.6 Å². The van der Waals surface area contributed by atoms with Crippen molar-refractivity contribution in [2.24, 2.45) is 11.3 Å². The van der Waals surface area contributed by atoms with Gasteiger partial charge in [0.2, 0.25) is 11.8 Å². The van der Waals surface area contributed by atoms with Gasteiger partial charge in [0.05, 0.1) is 19.1 Å². The molecule has 10 heteroatoms. The summed E-state index contributed by atoms with van der Waals surface area (Å²) < 4.78 is 16.9. The molecule has 44 heavy (non-hydrogen) atoms. The monoisotopic (exact) mass is 605 g/mol. The molecule has 1 unspecified atom stereocenters. The number of hydrogen-bond acceptors (Lipinski definition) is 7. The quantitative estimate of drug-likeness (QED) is 0.366. The van der Waals surface area contributed by atoms with Gasteiger partial charge in [-0.3, -0.25) is 19.2 Å². The largest absolute Gasteiger partial charge is 0.493 e. The molecule has 1 heterocycles. The van der Waals surface area contributed by atoms with Crippen molar-refractivity contribution < 1.29 is 33.4 Å². The van der Waals surface area contributed by atoms with Crippen LogP contribution >= 0.6 is 0 Å². The third kappa shape index (κ3) is 9.59. The Morgan fingerprint density at radius 3 is 2.59 bits per heavy atom. The number of fused-ring (bicyclic) bond motifs is 2. The molecule has 2 aliphatic rings. The molecule has 1 aliphatic heterocycles. The van der Waals surface area contributed by atoms with Gasteiger partial charge in [-0.05, 0) is 61.4 Å². The Morgan fingerprint density at radius 2 is 1.86 bits per heavy atom. The molecule has 2 aromatic carbocycles. The predicted octanol–water partition coefficient (Wildman–Crippen LogP) is 3.53. The van der Waals surface area contributed by atoms with Gasteiger partial charge in [0.1, 0.15) is 0 Å². The third-order valence-corrected chi connectivity index (χ3v) is 7.90. The second kappa shape index (κ2) is 15.9. The molecule has 1 saturated carbocycles. The Hall–Kier alpha value is -4.34. The number of rotatable bonds is 7. The summed E-state index contributed by atoms with van der Waals surface area (Å²) >= 11 is 0. The van der Waals surface area contributed by atoms with Crippen LogP contribution in [-0.4, -0.2) is 75.1 Å². The second-order valence-electron chi connectivity index (χ2n) is 11.4. The highest BCUT2D eigenvalue weighted by atomic mass is 16.5. The summed E-state index contributed by atoms with van der Waals surface area (Å²) in [4.78, 5) is 54.0. The lowest BCUT2D eigenvalue weighted by atomic mass is 9.76. The van der Waals surface area contributed by atoms with E-state index in [1.807, 2.05) is 36.4 Å². The zero-order chi connectivity index (χ0) is 31.4. The minimum absolute atomic E-state index is 0.133. The molecule has 0 saturated heterocycles. The molecule has 1 aliphatic carbocycles. The van der Waals surface area contributed by atoms with E-state index in [1.54, 1.807) is 30.0 Å². The lowest BCUT2D eigenvalue weighted by molar-refractivity contribution is -0.156. The minimum atomic E-state index is -0.967. The van der Waals surface area contributed by atoms with E-state index < -0.39 is 5.41 Å². The smallest absolute Gasteiger partial charge is 0.314 e. The van der Waals surface area contributed by atoms with E-state index in [1.165, 1.54) is 13.2 Å². The molecular formula is C34H43N3O7. The van der Waals surface area contributed by atoms with Crippen molar-refractivity contribution in [3.63, 3.8) is 0 Å². The van der Waals surface area contributed by atoms with Crippen molar-refractivity contribution in [1.82, 2.24) is 15.5 Å². The number of ether oxygens (including phenoxy) is 3. The van der Waals surface area contributed by atoms with Crippen LogP contribution in [0.1, 0.15) is 50.2 Å². The molecule has 236 valence electrons. The van der Waals surface area contributed by atoms with Crippen molar-refractivity contribution in [3.8, 4) is 11.5 Å². The van der Waals surface area contributed by atoms with Gasteiger partial charge in [0, 0.05) is 38.7 Å². The van der Waals surface area contributed by atoms with Crippen LogP contribution in [0.5, 0.6) is 11.5 Å². The number of esters is 1. The van der Waals surface area contributed by atoms with Crippen LogP contribution in [0.2, 0.25) is 0 Å². The molecular weight excluding hydrogens is 562 g/mol. The van der Waals surface area contributed by atoms with Crippen molar-refractivity contribution in [1.29, 1.82) is 0 Å². The summed E-state index contributed by atoms with van der Waals surface area (Å²) in [6, 6.07) is 14.9. The summed E-state index contributed by atoms with van der Waals surface area (Å²) in [6.45, 7) is 2.70. The van der Waals surface area contributed by atoms with Crippen LogP contribution in [0.25, 0.3) is 6.08 Å². The topological polar surface area (TPSA) is 123 Å². The summed E-state index contributed by atoms with van der Waals surface area (Å²) in [7, 11) is 1.52. The molecule has 1 fully saturated rings. The van der Waals surface area contributed by atoms with Crippen molar-refractivity contribution in [3.05, 3.63) is 65.7 Å². The van der Waals surface area contributed by atoms with E-state index in [4.69, 9.17) is 14.2 Å². The third-order valence-electron chi connectivity index (χ3n) is 7.90. The number of nitrogens with one attached hydrogen (secondary N) is 2. The van der Waals surface area contributed by atoms with E-state index in [0.717, 1.165) is 24.0 Å². The molecule has 2 aromatic rings. The second-order valence-corrected chi connectivity index (χ2v) is 11.4. The van der Waals surface area contributed by atoms with Gasteiger partial charge in [0.15, 0.2) is 18.1 Å². The standard InChI is InChI=1S/C34H43N3O7/c1-3-43-33(41)34(21-26-11-12-26)22-27-13-15-28(42-2)29(20-27)44-23-31(39)35-17-19-37(18-7-10-30(38)36-24-34)32(40)16-14-25-8-5-4-6-9-25/h4-6,8-9,13-16,20,26H,3,7,10-12,17-19,21-24H2,1-2H3,(H,35,39)(H,36,38)/b16-14+. The highest BCUT2D eigenvalue weighted by Crippen LogP contribution is 2.43. The maximum atomic E-state index is 13.5. The summed E-state index contributed by atoms with van der Waals surface area (Å²) in [5, 5.41) is 5.81. The zero-order valence-corrected chi connectivity index (χ0v) is 25.6.